The van der Waals surface area contributed by atoms with Gasteiger partial charge in [0.2, 0.25) is 0 Å². The fourth-order valence-corrected chi connectivity index (χ4v) is 0. The third kappa shape index (κ3) is 115. The van der Waals surface area contributed by atoms with Crippen molar-refractivity contribution in [2.75, 3.05) is 0 Å². The molecule has 0 unspecified atom stereocenters. The molecule has 0 fully saturated rings. The molecule has 0 aromatic heterocycles. The molecule has 0 amide bonds. The molecule has 0 saturated carbocycles. The van der Waals surface area contributed by atoms with Gasteiger partial charge in [0.15, 0.2) is 12.1 Å². The van der Waals surface area contributed by atoms with Gasteiger partial charge in [0.25, 0.3) is 0 Å². The second-order valence-corrected chi connectivity index (χ2v) is 1.31. The van der Waals surface area contributed by atoms with E-state index < -0.39 is 11.9 Å². The summed E-state index contributed by atoms with van der Waals surface area (Å²) in [7, 11) is 0. The highest BCUT2D eigenvalue weighted by molar-refractivity contribution is 5.79. The van der Waals surface area contributed by atoms with Crippen LogP contribution in [-0.2, 0) is 9.59 Å². The minimum absolute atomic E-state index is 0.833. The Morgan fingerprint density at radius 3 is 1.14 bits per heavy atom. The molecule has 0 heterocycles. The third-order valence-electron chi connectivity index (χ3n) is 0.399. The summed E-state index contributed by atoms with van der Waals surface area (Å²) in [5.41, 5.74) is 0. The second kappa shape index (κ2) is 16.8. The normalized spacial score (nSPS) is 5.29. The van der Waals surface area contributed by atoms with E-state index in [1.807, 2.05) is 0 Å². The Morgan fingerprint density at radius 1 is 1.00 bits per heavy atom. The molecule has 0 radical (unpaired) electrons. The van der Waals surface area contributed by atoms with Crippen molar-refractivity contribution < 1.29 is 19.8 Å². The molecule has 0 aliphatic heterocycles. The Labute approximate surface area is 80.6 Å². The molecule has 14 heavy (non-hydrogen) atoms. The quantitative estimate of drug-likeness (QED) is 0.621. The van der Waals surface area contributed by atoms with Crippen molar-refractivity contribution in [2.45, 2.75) is 0 Å². The Morgan fingerprint density at radius 2 is 1.14 bits per heavy atom. The van der Waals surface area contributed by atoms with Gasteiger partial charge in [0.05, 0.1) is 0 Å². The summed E-state index contributed by atoms with van der Waals surface area (Å²) >= 11 is 0. The maximum Gasteiger partial charge on any atom is 0.327 e. The number of rotatable bonds is 2. The Balaban J connectivity index is -0.000000131. The summed E-state index contributed by atoms with van der Waals surface area (Å²) in [4.78, 5) is 18.5. The molecule has 0 aromatic rings. The fraction of sp³-hybridized carbons (Fsp3) is 0. The van der Waals surface area contributed by atoms with Crippen LogP contribution >= 0.6 is 0 Å². The van der Waals surface area contributed by atoms with Crippen LogP contribution in [0.15, 0.2) is 25.3 Å². The molecule has 0 aromatic carbocycles. The van der Waals surface area contributed by atoms with Crippen molar-refractivity contribution in [3.63, 3.8) is 0 Å². The predicted octanol–water partition coefficient (Wildman–Crippen LogP) is 0.548. The van der Waals surface area contributed by atoms with Crippen LogP contribution in [0.25, 0.3) is 0 Å². The van der Waals surface area contributed by atoms with Crippen molar-refractivity contribution in [1.82, 2.24) is 0 Å². The van der Waals surface area contributed by atoms with Gasteiger partial charge in [-0.1, -0.05) is 13.2 Å². The monoisotopic (exact) mass is 196 g/mol. The Bertz CT molecular complexity index is 253. The highest BCUT2D eigenvalue weighted by Crippen LogP contribution is 1.55. The first-order chi connectivity index (χ1) is 6.45. The van der Waals surface area contributed by atoms with Gasteiger partial charge >= 0.3 is 11.9 Å². The zero-order valence-electron chi connectivity index (χ0n) is 7.17. The van der Waals surface area contributed by atoms with Gasteiger partial charge < -0.3 is 10.2 Å². The molecule has 0 aliphatic rings. The van der Waals surface area contributed by atoms with E-state index in [4.69, 9.17) is 20.7 Å². The summed E-state index contributed by atoms with van der Waals surface area (Å²) in [5, 5.41) is 29.7. The zero-order valence-corrected chi connectivity index (χ0v) is 7.17. The topological polar surface area (TPSA) is 122 Å². The molecule has 74 valence electrons. The maximum absolute atomic E-state index is 9.25. The summed E-state index contributed by atoms with van der Waals surface area (Å²) < 4.78 is 0. The van der Waals surface area contributed by atoms with Crippen LogP contribution in [-0.4, -0.2) is 22.2 Å². The van der Waals surface area contributed by atoms with E-state index in [9.17, 15) is 9.59 Å². The van der Waals surface area contributed by atoms with Gasteiger partial charge in [-0.05, 0) is 0 Å². The predicted molar refractivity (Wildman–Crippen MR) is 46.9 cm³/mol. The van der Waals surface area contributed by atoms with Crippen LogP contribution in [0.4, 0.5) is 0 Å². The molecule has 0 atom stereocenters. The number of carboxylic acid groups (broad SMARTS) is 2. The van der Waals surface area contributed by atoms with Crippen LogP contribution < -0.4 is 0 Å². The molecule has 0 aliphatic carbocycles. The van der Waals surface area contributed by atoms with E-state index in [2.05, 4.69) is 13.2 Å². The molecule has 0 saturated heterocycles. The smallest absolute Gasteiger partial charge is 0.327 e. The van der Waals surface area contributed by atoms with E-state index in [0.29, 0.717) is 0 Å². The highest BCUT2D eigenvalue weighted by Gasteiger charge is 1.73. The number of nitriles is 2. The third-order valence-corrected chi connectivity index (χ3v) is 0.399. The lowest BCUT2D eigenvalue weighted by molar-refractivity contribution is -0.132. The lowest BCUT2D eigenvalue weighted by Gasteiger charge is -1.64. The summed E-state index contributed by atoms with van der Waals surface area (Å²) in [6.07, 6.45) is 1.67. The number of aliphatic carboxylic acids is 2. The van der Waals surface area contributed by atoms with Gasteiger partial charge in [-0.25, -0.2) is 9.59 Å². The first-order valence-corrected chi connectivity index (χ1v) is 2.95. The molecule has 2 N–H and O–H groups in total. The van der Waals surface area contributed by atoms with Crippen LogP contribution in [0, 0.1) is 22.7 Å². The minimum Gasteiger partial charge on any atom is -0.478 e. The molecule has 6 heteroatoms. The minimum atomic E-state index is -0.981. The van der Waals surface area contributed by atoms with Crippen molar-refractivity contribution in [2.24, 2.45) is 0 Å². The number of hydrogen-bond acceptors (Lipinski definition) is 4. The number of nitrogens with zero attached hydrogens (tertiary/aromatic N) is 2. The highest BCUT2D eigenvalue weighted by atomic mass is 16.4. The van der Waals surface area contributed by atoms with E-state index >= 15 is 0 Å². The van der Waals surface area contributed by atoms with Gasteiger partial charge in [0.1, 0.15) is 0 Å². The lowest BCUT2D eigenvalue weighted by Crippen LogP contribution is -1.82. The molecule has 6 nitrogen and oxygen atoms in total. The van der Waals surface area contributed by atoms with Gasteiger partial charge in [-0.3, -0.25) is 0 Å². The molecule has 0 bridgehead atoms. The number of carbonyl (C=O) groups is 2. The molecule has 0 rings (SSSR count). The number of carboxylic acids is 2. The number of hydrogen-bond donors (Lipinski definition) is 2. The summed E-state index contributed by atoms with van der Waals surface area (Å²) in [6, 6.07) is 2.47. The van der Waals surface area contributed by atoms with Crippen molar-refractivity contribution >= 4 is 11.9 Å². The second-order valence-electron chi connectivity index (χ2n) is 1.31. The van der Waals surface area contributed by atoms with Crippen LogP contribution in [0.1, 0.15) is 0 Å². The van der Waals surface area contributed by atoms with E-state index in [-0.39, 0.29) is 0 Å². The Kier molecular flexibility index (Phi) is 20.9. The van der Waals surface area contributed by atoms with Crippen LogP contribution in [0.2, 0.25) is 0 Å². The fourth-order valence-electron chi connectivity index (χ4n) is 0. The maximum atomic E-state index is 9.25. The standard InChI is InChI=1S/2C3H4O2.C2N2/c2*1-2-3(4)5;3-1-2-4/h2*2H,1H2,(H,4,5);. The first-order valence-electron chi connectivity index (χ1n) is 2.95. The van der Waals surface area contributed by atoms with E-state index in [1.54, 1.807) is 0 Å². The van der Waals surface area contributed by atoms with Crippen molar-refractivity contribution in [3.8, 4) is 12.1 Å². The van der Waals surface area contributed by atoms with Crippen LogP contribution in [0.5, 0.6) is 0 Å². The Hall–Kier alpha value is -2.60. The average Bonchev–Trinajstić information content (AvgIpc) is 2.19. The van der Waals surface area contributed by atoms with E-state index in [0.717, 1.165) is 12.2 Å². The van der Waals surface area contributed by atoms with Gasteiger partial charge in [0, 0.05) is 12.2 Å². The lowest BCUT2D eigenvalue weighted by atomic mass is 10.7. The molecule has 0 spiro atoms. The van der Waals surface area contributed by atoms with Gasteiger partial charge in [-0.15, -0.1) is 0 Å². The van der Waals surface area contributed by atoms with Gasteiger partial charge in [-0.2, -0.15) is 10.5 Å². The first kappa shape index (κ1) is 17.5. The summed E-state index contributed by atoms with van der Waals surface area (Å²) in [5.74, 6) is -1.96. The average molecular weight is 196 g/mol. The summed E-state index contributed by atoms with van der Waals surface area (Å²) in [6.45, 7) is 5.92. The largest absolute Gasteiger partial charge is 0.478 e. The van der Waals surface area contributed by atoms with Crippen molar-refractivity contribution in [1.29, 1.82) is 10.5 Å². The van der Waals surface area contributed by atoms with Crippen molar-refractivity contribution in [3.05, 3.63) is 25.3 Å². The zero-order chi connectivity index (χ0) is 12.0. The molecular formula is C8H8N2O4. The molecular weight excluding hydrogens is 188 g/mol. The van der Waals surface area contributed by atoms with Crippen LogP contribution in [0.3, 0.4) is 0 Å². The SMILES string of the molecule is C=CC(=O)O.C=CC(=O)O.N#CC#N. The van der Waals surface area contributed by atoms with E-state index in [1.165, 1.54) is 12.1 Å².